The van der Waals surface area contributed by atoms with E-state index in [9.17, 15) is 14.7 Å². The zero-order valence-electron chi connectivity index (χ0n) is 10.4. The molecule has 0 bridgehead atoms. The first-order valence-electron chi connectivity index (χ1n) is 5.74. The van der Waals surface area contributed by atoms with E-state index in [-0.39, 0.29) is 11.1 Å². The number of hydrogen-bond acceptors (Lipinski definition) is 4. The number of carbonyl (C=O) groups is 2. The topological polar surface area (TPSA) is 81.4 Å². The summed E-state index contributed by atoms with van der Waals surface area (Å²) in [5.41, 5.74) is -1.27. The van der Waals surface area contributed by atoms with E-state index in [1.165, 1.54) is 11.0 Å². The molecule has 1 aliphatic heterocycles. The van der Waals surface area contributed by atoms with Gasteiger partial charge in [-0.25, -0.2) is 0 Å². The van der Waals surface area contributed by atoms with Gasteiger partial charge in [-0.05, 0) is 25.1 Å². The van der Waals surface area contributed by atoms with Crippen LogP contribution in [-0.4, -0.2) is 23.8 Å². The van der Waals surface area contributed by atoms with Gasteiger partial charge < -0.3 is 10.0 Å². The summed E-state index contributed by atoms with van der Waals surface area (Å²) in [6, 6.07) is 6.28. The molecule has 1 atom stereocenters. The number of benzene rings is 1. The van der Waals surface area contributed by atoms with Crippen LogP contribution >= 0.6 is 0 Å². The number of likely N-dealkylation sites (N-methyl/N-ethyl adjacent to an activating group) is 1. The van der Waals surface area contributed by atoms with Gasteiger partial charge in [0.05, 0.1) is 17.3 Å². The second-order valence-electron chi connectivity index (χ2n) is 4.24. The van der Waals surface area contributed by atoms with Gasteiger partial charge in [0.15, 0.2) is 0 Å². The van der Waals surface area contributed by atoms with Crippen molar-refractivity contribution in [2.24, 2.45) is 0 Å². The van der Waals surface area contributed by atoms with Gasteiger partial charge in [-0.1, -0.05) is 6.58 Å². The number of aliphatic hydroxyl groups is 1. The Morgan fingerprint density at radius 1 is 1.63 bits per heavy atom. The van der Waals surface area contributed by atoms with E-state index in [1.54, 1.807) is 25.1 Å². The van der Waals surface area contributed by atoms with Gasteiger partial charge >= 0.3 is 0 Å². The van der Waals surface area contributed by atoms with Crippen molar-refractivity contribution in [1.82, 2.24) is 0 Å². The lowest BCUT2D eigenvalue weighted by molar-refractivity contribution is -0.132. The van der Waals surface area contributed by atoms with Crippen LogP contribution in [0.2, 0.25) is 0 Å². The molecule has 1 unspecified atom stereocenters. The summed E-state index contributed by atoms with van der Waals surface area (Å²) in [5.74, 6) is -0.611. The van der Waals surface area contributed by atoms with Crippen molar-refractivity contribution in [3.05, 3.63) is 41.5 Å². The summed E-state index contributed by atoms with van der Waals surface area (Å²) in [5, 5.41) is 19.5. The summed E-state index contributed by atoms with van der Waals surface area (Å²) in [6.07, 6.45) is 0.620. The molecule has 0 radical (unpaired) electrons. The van der Waals surface area contributed by atoms with E-state index in [2.05, 4.69) is 6.58 Å². The van der Waals surface area contributed by atoms with Gasteiger partial charge in [0.25, 0.3) is 5.91 Å². The maximum Gasteiger partial charge on any atom is 0.269 e. The number of nitriles is 1. The highest BCUT2D eigenvalue weighted by Gasteiger charge is 2.51. The largest absolute Gasteiger partial charge is 0.371 e. The highest BCUT2D eigenvalue weighted by Crippen LogP contribution is 2.44. The van der Waals surface area contributed by atoms with E-state index in [4.69, 9.17) is 5.26 Å². The molecule has 96 valence electrons. The van der Waals surface area contributed by atoms with Crippen molar-refractivity contribution < 1.29 is 14.7 Å². The molecule has 1 aromatic rings. The number of amides is 1. The lowest BCUT2D eigenvalue weighted by atomic mass is 9.88. The van der Waals surface area contributed by atoms with Crippen molar-refractivity contribution >= 4 is 17.9 Å². The standard InChI is InChI=1S/C14H12N2O3/c1-3-16-12-5-4-10(8-17)6-11(12)14(19,13(16)18)9(2)7-15/h4-6,8,19H,2-3H2,1H3. The fourth-order valence-electron chi connectivity index (χ4n) is 2.26. The van der Waals surface area contributed by atoms with Gasteiger partial charge in [-0.3, -0.25) is 9.59 Å². The van der Waals surface area contributed by atoms with Gasteiger partial charge in [0.2, 0.25) is 5.60 Å². The molecule has 0 saturated heterocycles. The highest BCUT2D eigenvalue weighted by atomic mass is 16.3. The molecule has 2 rings (SSSR count). The first-order chi connectivity index (χ1) is 9.00. The Labute approximate surface area is 110 Å². The predicted octanol–water partition coefficient (Wildman–Crippen LogP) is 1.13. The molecule has 0 aromatic heterocycles. The minimum Gasteiger partial charge on any atom is -0.371 e. The summed E-state index contributed by atoms with van der Waals surface area (Å²) in [6.45, 7) is 5.57. The highest BCUT2D eigenvalue weighted by molar-refractivity contribution is 6.09. The Kier molecular flexibility index (Phi) is 2.97. The molecule has 0 spiro atoms. The summed E-state index contributed by atoms with van der Waals surface area (Å²) in [7, 11) is 0. The van der Waals surface area contributed by atoms with Gasteiger partial charge in [0.1, 0.15) is 6.29 Å². The molecule has 1 amide bonds. The number of anilines is 1. The first-order valence-corrected chi connectivity index (χ1v) is 5.74. The number of fused-ring (bicyclic) bond motifs is 1. The molecule has 5 nitrogen and oxygen atoms in total. The fraction of sp³-hybridized carbons (Fsp3) is 0.214. The van der Waals surface area contributed by atoms with E-state index < -0.39 is 11.5 Å². The van der Waals surface area contributed by atoms with Crippen LogP contribution < -0.4 is 4.90 Å². The third-order valence-corrected chi connectivity index (χ3v) is 3.28. The minimum atomic E-state index is -2.07. The summed E-state index contributed by atoms with van der Waals surface area (Å²) < 4.78 is 0. The molecule has 0 saturated carbocycles. The Morgan fingerprint density at radius 2 is 2.32 bits per heavy atom. The van der Waals surface area contributed by atoms with E-state index in [0.29, 0.717) is 24.1 Å². The first kappa shape index (κ1) is 13.0. The Bertz CT molecular complexity index is 630. The third-order valence-electron chi connectivity index (χ3n) is 3.28. The van der Waals surface area contributed by atoms with Crippen molar-refractivity contribution in [1.29, 1.82) is 5.26 Å². The molecule has 19 heavy (non-hydrogen) atoms. The summed E-state index contributed by atoms with van der Waals surface area (Å²) >= 11 is 0. The average molecular weight is 256 g/mol. The second-order valence-corrected chi connectivity index (χ2v) is 4.24. The smallest absolute Gasteiger partial charge is 0.269 e. The molecule has 5 heteroatoms. The normalized spacial score (nSPS) is 20.9. The lowest BCUT2D eigenvalue weighted by Gasteiger charge is -2.21. The van der Waals surface area contributed by atoms with Crippen LogP contribution in [0.5, 0.6) is 0 Å². The van der Waals surface area contributed by atoms with E-state index in [0.717, 1.165) is 0 Å². The number of nitrogens with zero attached hydrogens (tertiary/aromatic N) is 2. The lowest BCUT2D eigenvalue weighted by Crippen LogP contribution is -2.41. The van der Waals surface area contributed by atoms with Gasteiger partial charge in [0, 0.05) is 17.7 Å². The van der Waals surface area contributed by atoms with Crippen LogP contribution in [0.25, 0.3) is 0 Å². The predicted molar refractivity (Wildman–Crippen MR) is 68.5 cm³/mol. The Hall–Kier alpha value is -2.45. The third kappa shape index (κ3) is 1.58. The maximum atomic E-state index is 12.3. The minimum absolute atomic E-state index is 0.232. The zero-order chi connectivity index (χ0) is 14.2. The summed E-state index contributed by atoms with van der Waals surface area (Å²) in [4.78, 5) is 24.5. The Balaban J connectivity index is 2.74. The van der Waals surface area contributed by atoms with E-state index >= 15 is 0 Å². The van der Waals surface area contributed by atoms with Crippen molar-refractivity contribution in [2.75, 3.05) is 11.4 Å². The fourth-order valence-corrected chi connectivity index (χ4v) is 2.26. The SMILES string of the molecule is C=C(C#N)C1(O)C(=O)N(CC)c2ccc(C=O)cc21. The van der Waals surface area contributed by atoms with Crippen LogP contribution in [0.1, 0.15) is 22.8 Å². The van der Waals surface area contributed by atoms with Crippen LogP contribution in [0, 0.1) is 11.3 Å². The van der Waals surface area contributed by atoms with Crippen molar-refractivity contribution in [3.8, 4) is 6.07 Å². The molecular formula is C14H12N2O3. The van der Waals surface area contributed by atoms with Crippen LogP contribution in [-0.2, 0) is 10.4 Å². The monoisotopic (exact) mass is 256 g/mol. The molecule has 0 fully saturated rings. The molecule has 1 aromatic carbocycles. The van der Waals surface area contributed by atoms with Crippen LogP contribution in [0.3, 0.4) is 0 Å². The molecule has 1 heterocycles. The molecule has 1 aliphatic rings. The zero-order valence-corrected chi connectivity index (χ0v) is 10.4. The maximum absolute atomic E-state index is 12.3. The number of hydrogen-bond donors (Lipinski definition) is 1. The van der Waals surface area contributed by atoms with Gasteiger partial charge in [-0.2, -0.15) is 5.26 Å². The molecule has 0 aliphatic carbocycles. The second kappa shape index (κ2) is 4.34. The number of rotatable bonds is 3. The van der Waals surface area contributed by atoms with Crippen LogP contribution in [0.15, 0.2) is 30.4 Å². The van der Waals surface area contributed by atoms with Crippen molar-refractivity contribution in [2.45, 2.75) is 12.5 Å². The van der Waals surface area contributed by atoms with Gasteiger partial charge in [-0.15, -0.1) is 0 Å². The van der Waals surface area contributed by atoms with Crippen LogP contribution in [0.4, 0.5) is 5.69 Å². The average Bonchev–Trinajstić information content (AvgIpc) is 2.67. The Morgan fingerprint density at radius 3 is 2.84 bits per heavy atom. The van der Waals surface area contributed by atoms with E-state index in [1.807, 2.05) is 0 Å². The number of aldehydes is 1. The molecule has 1 N–H and O–H groups in total. The number of carbonyl (C=O) groups excluding carboxylic acids is 2. The molecular weight excluding hydrogens is 244 g/mol. The van der Waals surface area contributed by atoms with Crippen molar-refractivity contribution in [3.63, 3.8) is 0 Å². The quantitative estimate of drug-likeness (QED) is 0.649.